The van der Waals surface area contributed by atoms with Crippen LogP contribution in [-0.4, -0.2) is 28.2 Å². The zero-order valence-electron chi connectivity index (χ0n) is 9.97. The van der Waals surface area contributed by atoms with Crippen molar-refractivity contribution in [3.63, 3.8) is 0 Å². The molecule has 0 fully saturated rings. The standard InChI is InChI=1S/C10H12N4O3S/c1-6-12-8(14-17-6)4-11-10-13-7(5-18-10)3-9(15)16-2/h5H,3-4H2,1-2H3,(H,11,13). The van der Waals surface area contributed by atoms with Crippen LogP contribution >= 0.6 is 11.3 Å². The molecule has 2 aromatic heterocycles. The van der Waals surface area contributed by atoms with Gasteiger partial charge in [-0.05, 0) is 0 Å². The molecule has 18 heavy (non-hydrogen) atoms. The monoisotopic (exact) mass is 268 g/mol. The number of aromatic nitrogens is 3. The maximum absolute atomic E-state index is 11.1. The largest absolute Gasteiger partial charge is 0.469 e. The summed E-state index contributed by atoms with van der Waals surface area (Å²) in [7, 11) is 1.35. The molecule has 0 spiro atoms. The highest BCUT2D eigenvalue weighted by atomic mass is 32.1. The molecule has 0 aliphatic heterocycles. The number of nitrogens with zero attached hydrogens (tertiary/aromatic N) is 3. The van der Waals surface area contributed by atoms with Crippen LogP contribution in [0.4, 0.5) is 5.13 Å². The van der Waals surface area contributed by atoms with Gasteiger partial charge in [0.15, 0.2) is 11.0 Å². The highest BCUT2D eigenvalue weighted by Crippen LogP contribution is 2.16. The van der Waals surface area contributed by atoms with E-state index < -0.39 is 0 Å². The number of rotatable bonds is 5. The van der Waals surface area contributed by atoms with Gasteiger partial charge in [-0.15, -0.1) is 11.3 Å². The Hall–Kier alpha value is -1.96. The van der Waals surface area contributed by atoms with E-state index in [-0.39, 0.29) is 12.4 Å². The second-order valence-corrected chi connectivity index (χ2v) is 4.34. The van der Waals surface area contributed by atoms with Crippen LogP contribution in [0.25, 0.3) is 0 Å². The van der Waals surface area contributed by atoms with E-state index in [0.717, 1.165) is 0 Å². The number of carbonyl (C=O) groups excluding carboxylic acids is 1. The van der Waals surface area contributed by atoms with E-state index in [1.807, 2.05) is 0 Å². The molecule has 2 aromatic rings. The molecule has 0 bridgehead atoms. The predicted octanol–water partition coefficient (Wildman–Crippen LogP) is 1.16. The molecule has 0 aliphatic carbocycles. The van der Waals surface area contributed by atoms with Crippen molar-refractivity contribution in [3.05, 3.63) is 22.8 Å². The molecule has 0 aromatic carbocycles. The average Bonchev–Trinajstić information content (AvgIpc) is 2.96. The van der Waals surface area contributed by atoms with Crippen molar-refractivity contribution >= 4 is 22.4 Å². The number of anilines is 1. The molecule has 0 saturated carbocycles. The summed E-state index contributed by atoms with van der Waals surface area (Å²) in [6.45, 7) is 2.16. The zero-order chi connectivity index (χ0) is 13.0. The first kappa shape index (κ1) is 12.5. The van der Waals surface area contributed by atoms with Crippen molar-refractivity contribution in [2.24, 2.45) is 0 Å². The number of nitrogens with one attached hydrogen (secondary N) is 1. The molecule has 96 valence electrons. The number of aryl methyl sites for hydroxylation is 1. The highest BCUT2D eigenvalue weighted by Gasteiger charge is 2.08. The second kappa shape index (κ2) is 5.58. The van der Waals surface area contributed by atoms with Gasteiger partial charge in [0.2, 0.25) is 5.89 Å². The van der Waals surface area contributed by atoms with Crippen LogP contribution in [0.15, 0.2) is 9.90 Å². The van der Waals surface area contributed by atoms with Gasteiger partial charge in [0.05, 0.1) is 25.8 Å². The Morgan fingerprint density at radius 2 is 2.39 bits per heavy atom. The van der Waals surface area contributed by atoms with Gasteiger partial charge < -0.3 is 14.6 Å². The summed E-state index contributed by atoms with van der Waals surface area (Å²) in [5.74, 6) is 0.787. The van der Waals surface area contributed by atoms with Crippen molar-refractivity contribution in [2.75, 3.05) is 12.4 Å². The normalized spacial score (nSPS) is 10.3. The maximum atomic E-state index is 11.1. The van der Waals surface area contributed by atoms with Gasteiger partial charge in [0.25, 0.3) is 0 Å². The summed E-state index contributed by atoms with van der Waals surface area (Å²) in [5, 5.41) is 9.32. The van der Waals surface area contributed by atoms with E-state index in [1.54, 1.807) is 12.3 Å². The summed E-state index contributed by atoms with van der Waals surface area (Å²) in [6.07, 6.45) is 0.177. The van der Waals surface area contributed by atoms with Gasteiger partial charge in [0.1, 0.15) is 0 Å². The van der Waals surface area contributed by atoms with Gasteiger partial charge in [-0.3, -0.25) is 4.79 Å². The molecule has 0 aliphatic rings. The third-order valence-electron chi connectivity index (χ3n) is 2.07. The van der Waals surface area contributed by atoms with Crippen molar-refractivity contribution in [1.82, 2.24) is 15.1 Å². The third kappa shape index (κ3) is 3.27. The van der Waals surface area contributed by atoms with Crippen molar-refractivity contribution in [3.8, 4) is 0 Å². The lowest BCUT2D eigenvalue weighted by Gasteiger charge is -1.97. The highest BCUT2D eigenvalue weighted by molar-refractivity contribution is 7.13. The third-order valence-corrected chi connectivity index (χ3v) is 2.92. The van der Waals surface area contributed by atoms with Crippen molar-refractivity contribution in [2.45, 2.75) is 19.9 Å². The SMILES string of the molecule is COC(=O)Cc1csc(NCc2noc(C)n2)n1. The van der Waals surface area contributed by atoms with Crippen LogP contribution in [0.5, 0.6) is 0 Å². The topological polar surface area (TPSA) is 90.1 Å². The Labute approximate surface area is 107 Å². The molecule has 1 N–H and O–H groups in total. The van der Waals surface area contributed by atoms with Crippen molar-refractivity contribution in [1.29, 1.82) is 0 Å². The number of esters is 1. The van der Waals surface area contributed by atoms with Crippen LogP contribution in [-0.2, 0) is 22.5 Å². The molecule has 7 nitrogen and oxygen atoms in total. The Morgan fingerprint density at radius 1 is 1.56 bits per heavy atom. The lowest BCUT2D eigenvalue weighted by molar-refractivity contribution is -0.139. The fourth-order valence-electron chi connectivity index (χ4n) is 1.26. The molecule has 2 heterocycles. The number of thiazole rings is 1. The van der Waals surface area contributed by atoms with Gasteiger partial charge in [-0.2, -0.15) is 4.98 Å². The van der Waals surface area contributed by atoms with E-state index in [0.29, 0.717) is 29.1 Å². The quantitative estimate of drug-likeness (QED) is 0.814. The van der Waals surface area contributed by atoms with Crippen LogP contribution in [0, 0.1) is 6.92 Å². The Morgan fingerprint density at radius 3 is 3.06 bits per heavy atom. The van der Waals surface area contributed by atoms with E-state index in [9.17, 15) is 4.79 Å². The lowest BCUT2D eigenvalue weighted by atomic mass is 10.3. The number of methoxy groups -OCH3 is 1. The maximum Gasteiger partial charge on any atom is 0.311 e. The van der Waals surface area contributed by atoms with Crippen molar-refractivity contribution < 1.29 is 14.1 Å². The van der Waals surface area contributed by atoms with E-state index in [4.69, 9.17) is 4.52 Å². The minimum atomic E-state index is -0.305. The Kier molecular flexibility index (Phi) is 3.88. The van der Waals surface area contributed by atoms with Crippen LogP contribution < -0.4 is 5.32 Å². The summed E-state index contributed by atoms with van der Waals surface area (Å²) in [5.41, 5.74) is 0.679. The summed E-state index contributed by atoms with van der Waals surface area (Å²) in [6, 6.07) is 0. The molecule has 8 heteroatoms. The number of hydrogen-bond acceptors (Lipinski definition) is 8. The minimum Gasteiger partial charge on any atom is -0.469 e. The smallest absolute Gasteiger partial charge is 0.311 e. The second-order valence-electron chi connectivity index (χ2n) is 3.48. The van der Waals surface area contributed by atoms with Crippen LogP contribution in [0.1, 0.15) is 17.4 Å². The first-order chi connectivity index (χ1) is 8.67. The fraction of sp³-hybridized carbons (Fsp3) is 0.400. The zero-order valence-corrected chi connectivity index (χ0v) is 10.8. The van der Waals surface area contributed by atoms with Gasteiger partial charge in [-0.25, -0.2) is 4.98 Å². The molecule has 0 unspecified atom stereocenters. The lowest BCUT2D eigenvalue weighted by Crippen LogP contribution is -2.05. The summed E-state index contributed by atoms with van der Waals surface area (Å²) < 4.78 is 9.41. The van der Waals surface area contributed by atoms with Crippen LogP contribution in [0.3, 0.4) is 0 Å². The van der Waals surface area contributed by atoms with Gasteiger partial charge in [-0.1, -0.05) is 5.16 Å². The average molecular weight is 268 g/mol. The Balaban J connectivity index is 1.88. The number of carbonyl (C=O) groups is 1. The molecule has 0 amide bonds. The molecular weight excluding hydrogens is 256 g/mol. The number of ether oxygens (including phenoxy) is 1. The first-order valence-corrected chi connectivity index (χ1v) is 6.09. The minimum absolute atomic E-state index is 0.177. The molecule has 0 atom stereocenters. The van der Waals surface area contributed by atoms with Gasteiger partial charge in [0, 0.05) is 12.3 Å². The first-order valence-electron chi connectivity index (χ1n) is 5.21. The van der Waals surface area contributed by atoms with E-state index in [1.165, 1.54) is 18.4 Å². The van der Waals surface area contributed by atoms with Gasteiger partial charge >= 0.3 is 5.97 Å². The molecule has 0 saturated heterocycles. The molecule has 2 rings (SSSR count). The molecule has 0 radical (unpaired) electrons. The molecular formula is C10H12N4O3S. The Bertz CT molecular complexity index is 537. The van der Waals surface area contributed by atoms with E-state index in [2.05, 4.69) is 25.2 Å². The fourth-order valence-corrected chi connectivity index (χ4v) is 1.97. The summed E-state index contributed by atoms with van der Waals surface area (Å²) in [4.78, 5) is 19.4. The van der Waals surface area contributed by atoms with E-state index >= 15 is 0 Å². The van der Waals surface area contributed by atoms with Crippen LogP contribution in [0.2, 0.25) is 0 Å². The summed E-state index contributed by atoms with van der Waals surface area (Å²) >= 11 is 1.41. The predicted molar refractivity (Wildman–Crippen MR) is 64.2 cm³/mol. The number of hydrogen-bond donors (Lipinski definition) is 1.